The highest BCUT2D eigenvalue weighted by atomic mass is 79.9. The third-order valence-corrected chi connectivity index (χ3v) is 5.85. The number of halogens is 2. The molecule has 1 aromatic rings. The van der Waals surface area contributed by atoms with Crippen LogP contribution in [0.1, 0.15) is 51.5 Å². The first-order valence-electron chi connectivity index (χ1n) is 8.08. The SMILES string of the molecule is CNC(Cc1cccc(F)c1Br)C1(CC(C)C)CCCC1. The maximum absolute atomic E-state index is 13.7. The summed E-state index contributed by atoms with van der Waals surface area (Å²) in [5.74, 6) is 0.543. The lowest BCUT2D eigenvalue weighted by Gasteiger charge is -2.39. The molecule has 1 N–H and O–H groups in total. The van der Waals surface area contributed by atoms with Crippen LogP contribution in [0.5, 0.6) is 0 Å². The first-order valence-corrected chi connectivity index (χ1v) is 8.88. The highest BCUT2D eigenvalue weighted by Gasteiger charge is 2.40. The van der Waals surface area contributed by atoms with E-state index in [1.165, 1.54) is 38.2 Å². The molecule has 1 fully saturated rings. The Labute approximate surface area is 136 Å². The average molecular weight is 356 g/mol. The first kappa shape index (κ1) is 17.0. The molecule has 0 spiro atoms. The quantitative estimate of drug-likeness (QED) is 0.727. The van der Waals surface area contributed by atoms with Crippen molar-refractivity contribution in [1.29, 1.82) is 0 Å². The van der Waals surface area contributed by atoms with E-state index < -0.39 is 0 Å². The van der Waals surface area contributed by atoms with E-state index in [9.17, 15) is 4.39 Å². The molecule has 1 nitrogen and oxygen atoms in total. The zero-order valence-electron chi connectivity index (χ0n) is 13.4. The lowest BCUT2D eigenvalue weighted by Crippen LogP contribution is -2.44. The van der Waals surface area contributed by atoms with E-state index in [1.807, 2.05) is 12.1 Å². The van der Waals surface area contributed by atoms with Crippen LogP contribution in [0.15, 0.2) is 22.7 Å². The Kier molecular flexibility index (Phi) is 5.84. The lowest BCUT2D eigenvalue weighted by molar-refractivity contribution is 0.160. The van der Waals surface area contributed by atoms with Gasteiger partial charge in [0.1, 0.15) is 5.82 Å². The summed E-state index contributed by atoms with van der Waals surface area (Å²) in [5, 5.41) is 3.54. The molecule has 1 aliphatic carbocycles. The van der Waals surface area contributed by atoms with Crippen molar-refractivity contribution in [2.75, 3.05) is 7.05 Å². The molecule has 21 heavy (non-hydrogen) atoms. The van der Waals surface area contributed by atoms with Crippen molar-refractivity contribution in [3.8, 4) is 0 Å². The standard InChI is InChI=1S/C18H27BrFN/c1-13(2)12-18(9-4-5-10-18)16(21-3)11-14-7-6-8-15(20)17(14)19/h6-8,13,16,21H,4-5,9-12H2,1-3H3. The van der Waals surface area contributed by atoms with Crippen LogP contribution in [0.25, 0.3) is 0 Å². The molecule has 2 rings (SSSR count). The van der Waals surface area contributed by atoms with Gasteiger partial charge >= 0.3 is 0 Å². The summed E-state index contributed by atoms with van der Waals surface area (Å²) in [7, 11) is 2.05. The summed E-state index contributed by atoms with van der Waals surface area (Å²) in [4.78, 5) is 0. The van der Waals surface area contributed by atoms with Gasteiger partial charge in [-0.3, -0.25) is 0 Å². The van der Waals surface area contributed by atoms with E-state index in [-0.39, 0.29) is 5.82 Å². The number of hydrogen-bond donors (Lipinski definition) is 1. The van der Waals surface area contributed by atoms with Crippen molar-refractivity contribution in [2.45, 2.75) is 58.4 Å². The van der Waals surface area contributed by atoms with Crippen molar-refractivity contribution in [3.63, 3.8) is 0 Å². The number of benzene rings is 1. The molecule has 1 saturated carbocycles. The van der Waals surface area contributed by atoms with Gasteiger partial charge in [0.15, 0.2) is 0 Å². The minimum absolute atomic E-state index is 0.160. The molecule has 1 aliphatic rings. The zero-order chi connectivity index (χ0) is 15.5. The van der Waals surface area contributed by atoms with Gasteiger partial charge in [0, 0.05) is 6.04 Å². The predicted octanol–water partition coefficient (Wildman–Crippen LogP) is 5.33. The zero-order valence-corrected chi connectivity index (χ0v) is 15.0. The summed E-state index contributed by atoms with van der Waals surface area (Å²) < 4.78 is 14.4. The van der Waals surface area contributed by atoms with Gasteiger partial charge in [-0.2, -0.15) is 0 Å². The van der Waals surface area contributed by atoms with Crippen molar-refractivity contribution >= 4 is 15.9 Å². The summed E-state index contributed by atoms with van der Waals surface area (Å²) in [6.45, 7) is 4.62. The molecule has 0 amide bonds. The van der Waals surface area contributed by atoms with Crippen molar-refractivity contribution in [1.82, 2.24) is 5.32 Å². The Morgan fingerprint density at radius 1 is 1.29 bits per heavy atom. The third-order valence-electron chi connectivity index (χ3n) is 4.96. The number of rotatable bonds is 6. The number of nitrogens with one attached hydrogen (secondary N) is 1. The molecule has 0 aliphatic heterocycles. The molecule has 0 bridgehead atoms. The fraction of sp³-hybridized carbons (Fsp3) is 0.667. The van der Waals surface area contributed by atoms with Crippen LogP contribution in [0.3, 0.4) is 0 Å². The summed E-state index contributed by atoms with van der Waals surface area (Å²) in [6.07, 6.45) is 7.39. The Hall–Kier alpha value is -0.410. The van der Waals surface area contributed by atoms with Gasteiger partial charge in [-0.05, 0) is 71.6 Å². The molecule has 1 atom stereocenters. The van der Waals surface area contributed by atoms with E-state index in [0.29, 0.717) is 21.8 Å². The van der Waals surface area contributed by atoms with Gasteiger partial charge in [-0.25, -0.2) is 4.39 Å². The summed E-state index contributed by atoms with van der Waals surface area (Å²) in [5.41, 5.74) is 1.44. The Morgan fingerprint density at radius 2 is 1.95 bits per heavy atom. The maximum Gasteiger partial charge on any atom is 0.137 e. The van der Waals surface area contributed by atoms with Gasteiger partial charge in [-0.1, -0.05) is 38.8 Å². The molecule has 1 unspecified atom stereocenters. The second-order valence-corrected chi connectivity index (χ2v) is 7.72. The van der Waals surface area contributed by atoms with Crippen molar-refractivity contribution < 1.29 is 4.39 Å². The Morgan fingerprint density at radius 3 is 2.52 bits per heavy atom. The molecule has 0 radical (unpaired) electrons. The topological polar surface area (TPSA) is 12.0 Å². The van der Waals surface area contributed by atoms with Crippen LogP contribution in [0, 0.1) is 17.2 Å². The van der Waals surface area contributed by atoms with E-state index in [4.69, 9.17) is 0 Å². The van der Waals surface area contributed by atoms with Crippen LogP contribution in [0.4, 0.5) is 4.39 Å². The van der Waals surface area contributed by atoms with E-state index >= 15 is 0 Å². The maximum atomic E-state index is 13.7. The van der Waals surface area contributed by atoms with Crippen LogP contribution in [0.2, 0.25) is 0 Å². The molecule has 3 heteroatoms. The molecule has 0 aromatic heterocycles. The Bertz CT molecular complexity index is 466. The van der Waals surface area contributed by atoms with Crippen LogP contribution in [-0.2, 0) is 6.42 Å². The highest BCUT2D eigenvalue weighted by molar-refractivity contribution is 9.10. The molecule has 1 aromatic carbocycles. The van der Waals surface area contributed by atoms with Gasteiger partial charge in [0.2, 0.25) is 0 Å². The van der Waals surface area contributed by atoms with Crippen molar-refractivity contribution in [3.05, 3.63) is 34.1 Å². The highest BCUT2D eigenvalue weighted by Crippen LogP contribution is 2.47. The van der Waals surface area contributed by atoms with Crippen LogP contribution >= 0.6 is 15.9 Å². The van der Waals surface area contributed by atoms with Crippen LogP contribution in [-0.4, -0.2) is 13.1 Å². The van der Waals surface area contributed by atoms with Crippen molar-refractivity contribution in [2.24, 2.45) is 11.3 Å². The Balaban J connectivity index is 2.23. The fourth-order valence-corrected chi connectivity index (χ4v) is 4.56. The summed E-state index contributed by atoms with van der Waals surface area (Å²) in [6, 6.07) is 5.78. The van der Waals surface area contributed by atoms with Crippen LogP contribution < -0.4 is 5.32 Å². The molecule has 0 heterocycles. The van der Waals surface area contributed by atoms with E-state index in [1.54, 1.807) is 0 Å². The van der Waals surface area contributed by atoms with E-state index in [2.05, 4.69) is 42.1 Å². The number of likely N-dealkylation sites (N-methyl/N-ethyl adjacent to an activating group) is 1. The minimum Gasteiger partial charge on any atom is -0.316 e. The first-order chi connectivity index (χ1) is 9.98. The number of hydrogen-bond acceptors (Lipinski definition) is 1. The largest absolute Gasteiger partial charge is 0.316 e. The smallest absolute Gasteiger partial charge is 0.137 e. The molecule has 118 valence electrons. The minimum atomic E-state index is -0.160. The second kappa shape index (κ2) is 7.23. The monoisotopic (exact) mass is 355 g/mol. The predicted molar refractivity (Wildman–Crippen MR) is 91.0 cm³/mol. The molecule has 0 saturated heterocycles. The fourth-order valence-electron chi connectivity index (χ4n) is 4.14. The van der Waals surface area contributed by atoms with Gasteiger partial charge in [0.05, 0.1) is 4.47 Å². The van der Waals surface area contributed by atoms with Gasteiger partial charge < -0.3 is 5.32 Å². The molecular formula is C18H27BrFN. The summed E-state index contributed by atoms with van der Waals surface area (Å²) >= 11 is 3.41. The van der Waals surface area contributed by atoms with Gasteiger partial charge in [-0.15, -0.1) is 0 Å². The third kappa shape index (κ3) is 3.87. The van der Waals surface area contributed by atoms with Gasteiger partial charge in [0.25, 0.3) is 0 Å². The average Bonchev–Trinajstić information content (AvgIpc) is 2.89. The van der Waals surface area contributed by atoms with E-state index in [0.717, 1.165) is 12.0 Å². The second-order valence-electron chi connectivity index (χ2n) is 6.93. The normalized spacial score (nSPS) is 19.1. The molecular weight excluding hydrogens is 329 g/mol. The lowest BCUT2D eigenvalue weighted by atomic mass is 9.71.